The van der Waals surface area contributed by atoms with Crippen LogP contribution >= 0.6 is 11.3 Å². The highest BCUT2D eigenvalue weighted by molar-refractivity contribution is 7.13. The fourth-order valence-corrected chi connectivity index (χ4v) is 2.88. The van der Waals surface area contributed by atoms with Crippen molar-refractivity contribution in [1.29, 1.82) is 0 Å². The number of nitrogens with zero attached hydrogens (tertiary/aromatic N) is 3. The van der Waals surface area contributed by atoms with Crippen LogP contribution < -0.4 is 10.2 Å². The molecular weight excluding hydrogens is 248 g/mol. The highest BCUT2D eigenvalue weighted by atomic mass is 32.1. The third kappa shape index (κ3) is 3.20. The topological polar surface area (TPSA) is 48.5 Å². The zero-order valence-electron chi connectivity index (χ0n) is 11.0. The highest BCUT2D eigenvalue weighted by Gasteiger charge is 2.21. The Balaban J connectivity index is 1.82. The second-order valence-electron chi connectivity index (χ2n) is 4.49. The Hall–Kier alpha value is -1.14. The van der Waals surface area contributed by atoms with E-state index in [2.05, 4.69) is 20.6 Å². The molecule has 6 heteroatoms. The van der Waals surface area contributed by atoms with Crippen molar-refractivity contribution in [2.24, 2.45) is 0 Å². The molecule has 0 bridgehead atoms. The van der Waals surface area contributed by atoms with Gasteiger partial charge in [-0.3, -0.25) is 4.79 Å². The van der Waals surface area contributed by atoms with Crippen molar-refractivity contribution in [3.05, 3.63) is 11.1 Å². The SMILES string of the molecule is CNCCC(=O)N1CCN(c2nc(C)cs2)CC1. The van der Waals surface area contributed by atoms with Crippen LogP contribution in [0.5, 0.6) is 0 Å². The zero-order chi connectivity index (χ0) is 13.0. The molecule has 18 heavy (non-hydrogen) atoms. The van der Waals surface area contributed by atoms with Crippen LogP contribution in [0, 0.1) is 6.92 Å². The van der Waals surface area contributed by atoms with E-state index in [0.29, 0.717) is 6.42 Å². The van der Waals surface area contributed by atoms with Crippen LogP contribution in [-0.2, 0) is 4.79 Å². The molecule has 1 fully saturated rings. The summed E-state index contributed by atoms with van der Waals surface area (Å²) in [6.07, 6.45) is 0.590. The van der Waals surface area contributed by atoms with Crippen molar-refractivity contribution in [3.63, 3.8) is 0 Å². The van der Waals surface area contributed by atoms with Crippen LogP contribution in [0.2, 0.25) is 0 Å². The minimum Gasteiger partial charge on any atom is -0.345 e. The first-order valence-electron chi connectivity index (χ1n) is 6.30. The summed E-state index contributed by atoms with van der Waals surface area (Å²) in [5.41, 5.74) is 1.07. The number of nitrogens with one attached hydrogen (secondary N) is 1. The van der Waals surface area contributed by atoms with Gasteiger partial charge in [0.05, 0.1) is 5.69 Å². The molecule has 1 amide bonds. The van der Waals surface area contributed by atoms with Crippen molar-refractivity contribution in [1.82, 2.24) is 15.2 Å². The Kier molecular flexibility index (Phi) is 4.54. The number of carbonyl (C=O) groups is 1. The third-order valence-electron chi connectivity index (χ3n) is 3.10. The second kappa shape index (κ2) is 6.15. The van der Waals surface area contributed by atoms with E-state index in [4.69, 9.17) is 0 Å². The summed E-state index contributed by atoms with van der Waals surface area (Å²) in [5, 5.41) is 6.16. The van der Waals surface area contributed by atoms with Crippen LogP contribution in [0.1, 0.15) is 12.1 Å². The lowest BCUT2D eigenvalue weighted by Crippen LogP contribution is -2.49. The summed E-state index contributed by atoms with van der Waals surface area (Å²) in [6.45, 7) is 6.15. The maximum atomic E-state index is 11.9. The van der Waals surface area contributed by atoms with Crippen molar-refractivity contribution in [3.8, 4) is 0 Å². The quantitative estimate of drug-likeness (QED) is 0.874. The summed E-state index contributed by atoms with van der Waals surface area (Å²) in [5.74, 6) is 0.249. The molecule has 1 saturated heterocycles. The Morgan fingerprint density at radius 1 is 1.44 bits per heavy atom. The van der Waals surface area contributed by atoms with Crippen LogP contribution in [0.4, 0.5) is 5.13 Å². The Bertz CT molecular complexity index is 399. The van der Waals surface area contributed by atoms with E-state index < -0.39 is 0 Å². The summed E-state index contributed by atoms with van der Waals surface area (Å²) in [7, 11) is 1.87. The van der Waals surface area contributed by atoms with Gasteiger partial charge in [-0.05, 0) is 14.0 Å². The summed E-state index contributed by atoms with van der Waals surface area (Å²) >= 11 is 1.68. The molecule has 0 radical (unpaired) electrons. The molecular formula is C12H20N4OS. The number of hydrogen-bond donors (Lipinski definition) is 1. The van der Waals surface area contributed by atoms with Gasteiger partial charge in [-0.2, -0.15) is 0 Å². The van der Waals surface area contributed by atoms with E-state index in [1.807, 2.05) is 18.9 Å². The van der Waals surface area contributed by atoms with Crippen molar-refractivity contribution in [2.75, 3.05) is 44.7 Å². The first-order valence-corrected chi connectivity index (χ1v) is 7.18. The number of carbonyl (C=O) groups excluding carboxylic acids is 1. The molecule has 0 saturated carbocycles. The average Bonchev–Trinajstić information content (AvgIpc) is 2.83. The fourth-order valence-electron chi connectivity index (χ4n) is 2.02. The molecule has 5 nitrogen and oxygen atoms in total. The zero-order valence-corrected chi connectivity index (χ0v) is 11.8. The molecule has 2 heterocycles. The predicted octanol–water partition coefficient (Wildman–Crippen LogP) is 0.710. The van der Waals surface area contributed by atoms with Gasteiger partial charge in [-0.15, -0.1) is 11.3 Å². The van der Waals surface area contributed by atoms with E-state index in [1.54, 1.807) is 11.3 Å². The number of hydrogen-bond acceptors (Lipinski definition) is 5. The number of amides is 1. The van der Waals surface area contributed by atoms with Gasteiger partial charge in [0, 0.05) is 44.5 Å². The number of anilines is 1. The molecule has 100 valence electrons. The fraction of sp³-hybridized carbons (Fsp3) is 0.667. The number of aryl methyl sites for hydroxylation is 1. The monoisotopic (exact) mass is 268 g/mol. The number of piperazine rings is 1. The van der Waals surface area contributed by atoms with Gasteiger partial charge in [0.2, 0.25) is 5.91 Å². The van der Waals surface area contributed by atoms with Crippen molar-refractivity contribution < 1.29 is 4.79 Å². The Labute approximate surface area is 112 Å². The maximum absolute atomic E-state index is 11.9. The Morgan fingerprint density at radius 2 is 2.17 bits per heavy atom. The minimum absolute atomic E-state index is 0.249. The van der Waals surface area contributed by atoms with Crippen LogP contribution in [0.15, 0.2) is 5.38 Å². The van der Waals surface area contributed by atoms with Crippen LogP contribution in [0.3, 0.4) is 0 Å². The first kappa shape index (κ1) is 13.3. The van der Waals surface area contributed by atoms with Crippen LogP contribution in [-0.4, -0.2) is 55.6 Å². The standard InChI is InChI=1S/C12H20N4OS/c1-10-9-18-12(14-10)16-7-5-15(6-8-16)11(17)3-4-13-2/h9,13H,3-8H2,1-2H3. The molecule has 1 aliphatic heterocycles. The predicted molar refractivity (Wildman–Crippen MR) is 74.2 cm³/mol. The van der Waals surface area contributed by atoms with E-state index in [1.165, 1.54) is 0 Å². The summed E-state index contributed by atoms with van der Waals surface area (Å²) in [4.78, 5) is 20.6. The third-order valence-corrected chi connectivity index (χ3v) is 4.12. The van der Waals surface area contributed by atoms with Gasteiger partial charge in [-0.25, -0.2) is 4.98 Å². The van der Waals surface area contributed by atoms with E-state index >= 15 is 0 Å². The van der Waals surface area contributed by atoms with Crippen molar-refractivity contribution in [2.45, 2.75) is 13.3 Å². The largest absolute Gasteiger partial charge is 0.345 e. The van der Waals surface area contributed by atoms with Gasteiger partial charge in [0.25, 0.3) is 0 Å². The van der Waals surface area contributed by atoms with Crippen LogP contribution in [0.25, 0.3) is 0 Å². The Morgan fingerprint density at radius 3 is 2.72 bits per heavy atom. The lowest BCUT2D eigenvalue weighted by atomic mass is 10.3. The van der Waals surface area contributed by atoms with E-state index in [-0.39, 0.29) is 5.91 Å². The first-order chi connectivity index (χ1) is 8.70. The second-order valence-corrected chi connectivity index (χ2v) is 5.33. The molecule has 1 N–H and O–H groups in total. The van der Waals surface area contributed by atoms with E-state index in [0.717, 1.165) is 43.5 Å². The molecule has 0 unspecified atom stereocenters. The minimum atomic E-state index is 0.249. The number of thiazole rings is 1. The molecule has 1 aromatic rings. The van der Waals surface area contributed by atoms with Gasteiger partial charge in [-0.1, -0.05) is 0 Å². The molecule has 0 spiro atoms. The summed E-state index contributed by atoms with van der Waals surface area (Å²) < 4.78 is 0. The van der Waals surface area contributed by atoms with Gasteiger partial charge >= 0.3 is 0 Å². The normalized spacial score (nSPS) is 16.1. The molecule has 0 aromatic carbocycles. The van der Waals surface area contributed by atoms with Crippen molar-refractivity contribution >= 4 is 22.4 Å². The molecule has 1 aromatic heterocycles. The van der Waals surface area contributed by atoms with Gasteiger partial charge in [0.1, 0.15) is 0 Å². The smallest absolute Gasteiger partial charge is 0.223 e. The highest BCUT2D eigenvalue weighted by Crippen LogP contribution is 2.21. The number of aromatic nitrogens is 1. The van der Waals surface area contributed by atoms with Gasteiger partial charge in [0.15, 0.2) is 5.13 Å². The lowest BCUT2D eigenvalue weighted by Gasteiger charge is -2.34. The molecule has 2 rings (SSSR count). The lowest BCUT2D eigenvalue weighted by molar-refractivity contribution is -0.131. The average molecular weight is 268 g/mol. The molecule has 0 aliphatic carbocycles. The van der Waals surface area contributed by atoms with Gasteiger partial charge < -0.3 is 15.1 Å². The molecule has 0 atom stereocenters. The maximum Gasteiger partial charge on any atom is 0.223 e. The van der Waals surface area contributed by atoms with E-state index in [9.17, 15) is 4.79 Å². The summed E-state index contributed by atoms with van der Waals surface area (Å²) in [6, 6.07) is 0. The molecule has 1 aliphatic rings. The number of rotatable bonds is 4.